The molecule has 1 aromatic heterocycles. The number of aromatic nitrogens is 2. The van der Waals surface area contributed by atoms with E-state index >= 15 is 0 Å². The molecular formula is C22H17ClN2O3S. The summed E-state index contributed by atoms with van der Waals surface area (Å²) in [5, 5.41) is 4.97. The molecule has 0 fully saturated rings. The molecule has 0 radical (unpaired) electrons. The van der Waals surface area contributed by atoms with E-state index in [1.165, 1.54) is 16.8 Å². The number of halogens is 1. The Morgan fingerprint density at radius 3 is 2.24 bits per heavy atom. The van der Waals surface area contributed by atoms with Crippen molar-refractivity contribution in [2.75, 3.05) is 0 Å². The van der Waals surface area contributed by atoms with Gasteiger partial charge in [0, 0.05) is 11.6 Å². The highest BCUT2D eigenvalue weighted by atomic mass is 35.5. The van der Waals surface area contributed by atoms with E-state index in [0.717, 1.165) is 11.1 Å². The monoisotopic (exact) mass is 424 g/mol. The molecule has 29 heavy (non-hydrogen) atoms. The molecule has 0 spiro atoms. The number of hydrogen-bond acceptors (Lipinski definition) is 4. The maximum absolute atomic E-state index is 12.8. The summed E-state index contributed by atoms with van der Waals surface area (Å²) in [6.07, 6.45) is 0. The molecule has 0 saturated carbocycles. The van der Waals surface area contributed by atoms with Crippen molar-refractivity contribution in [2.24, 2.45) is 0 Å². The first-order chi connectivity index (χ1) is 13.9. The Hall–Kier alpha value is -3.09. The van der Waals surface area contributed by atoms with Gasteiger partial charge in [0.2, 0.25) is 5.88 Å². The number of para-hydroxylation sites is 1. The van der Waals surface area contributed by atoms with Crippen LogP contribution in [-0.2, 0) is 10.1 Å². The zero-order chi connectivity index (χ0) is 20.4. The van der Waals surface area contributed by atoms with E-state index in [2.05, 4.69) is 5.10 Å². The maximum Gasteiger partial charge on any atom is 0.340 e. The van der Waals surface area contributed by atoms with Gasteiger partial charge in [-0.1, -0.05) is 71.8 Å². The Kier molecular flexibility index (Phi) is 5.13. The molecule has 146 valence electrons. The highest BCUT2D eigenvalue weighted by Gasteiger charge is 2.22. The van der Waals surface area contributed by atoms with E-state index in [0.29, 0.717) is 16.4 Å². The first-order valence-corrected chi connectivity index (χ1v) is 10.6. The Morgan fingerprint density at radius 1 is 0.897 bits per heavy atom. The number of rotatable bonds is 5. The number of nitrogens with zero attached hydrogens (tertiary/aromatic N) is 2. The third-order valence-electron chi connectivity index (χ3n) is 4.33. The van der Waals surface area contributed by atoms with Gasteiger partial charge in [-0.15, -0.1) is 0 Å². The van der Waals surface area contributed by atoms with Crippen LogP contribution in [-0.4, -0.2) is 18.2 Å². The van der Waals surface area contributed by atoms with Crippen molar-refractivity contribution in [3.63, 3.8) is 0 Å². The van der Waals surface area contributed by atoms with Crippen molar-refractivity contribution in [2.45, 2.75) is 11.8 Å². The number of aryl methyl sites for hydroxylation is 1. The second-order valence-corrected chi connectivity index (χ2v) is 8.40. The van der Waals surface area contributed by atoms with Gasteiger partial charge in [0.25, 0.3) is 0 Å². The lowest BCUT2D eigenvalue weighted by molar-refractivity contribution is 0.465. The third kappa shape index (κ3) is 4.04. The SMILES string of the molecule is Cc1ccc(S(=O)(=O)Oc2cc(-c3ccccc3)nn2-c2ccccc2Cl)cc1. The standard InChI is InChI=1S/C22H17ClN2O3S/c1-16-11-13-18(14-12-16)29(26,27)28-22-15-20(17-7-3-2-4-8-17)24-25(22)21-10-6-5-9-19(21)23/h2-15H,1H3. The Morgan fingerprint density at radius 2 is 1.55 bits per heavy atom. The molecule has 3 aromatic carbocycles. The molecule has 1 heterocycles. The minimum Gasteiger partial charge on any atom is -0.358 e. The van der Waals surface area contributed by atoms with Crippen LogP contribution < -0.4 is 4.18 Å². The summed E-state index contributed by atoms with van der Waals surface area (Å²) in [7, 11) is -4.05. The van der Waals surface area contributed by atoms with Gasteiger partial charge in [-0.25, -0.2) is 0 Å². The van der Waals surface area contributed by atoms with Crippen molar-refractivity contribution in [3.05, 3.63) is 95.5 Å². The summed E-state index contributed by atoms with van der Waals surface area (Å²) in [4.78, 5) is 0.0660. The van der Waals surface area contributed by atoms with Crippen LogP contribution in [0.1, 0.15) is 5.56 Å². The van der Waals surface area contributed by atoms with Crippen molar-refractivity contribution in [1.82, 2.24) is 9.78 Å². The van der Waals surface area contributed by atoms with Crippen LogP contribution in [0.15, 0.2) is 89.8 Å². The Labute approximate surface area is 174 Å². The van der Waals surface area contributed by atoms with Gasteiger partial charge >= 0.3 is 10.1 Å². The van der Waals surface area contributed by atoms with Gasteiger partial charge in [-0.2, -0.15) is 18.2 Å². The van der Waals surface area contributed by atoms with Crippen LogP contribution in [0.2, 0.25) is 5.02 Å². The predicted molar refractivity (Wildman–Crippen MR) is 113 cm³/mol. The molecule has 4 aromatic rings. The molecule has 0 atom stereocenters. The molecule has 0 amide bonds. The van der Waals surface area contributed by atoms with Crippen LogP contribution in [0.25, 0.3) is 16.9 Å². The first-order valence-electron chi connectivity index (χ1n) is 8.85. The molecular weight excluding hydrogens is 408 g/mol. The van der Waals surface area contributed by atoms with Gasteiger partial charge in [-0.3, -0.25) is 0 Å². The molecule has 0 aliphatic rings. The van der Waals surface area contributed by atoms with Crippen LogP contribution >= 0.6 is 11.6 Å². The normalized spacial score (nSPS) is 11.4. The lowest BCUT2D eigenvalue weighted by Crippen LogP contribution is -2.12. The minimum atomic E-state index is -4.05. The summed E-state index contributed by atoms with van der Waals surface area (Å²) >= 11 is 6.33. The van der Waals surface area contributed by atoms with Crippen LogP contribution in [0.4, 0.5) is 0 Å². The fourth-order valence-corrected chi connectivity index (χ4v) is 3.96. The Balaban J connectivity index is 1.82. The van der Waals surface area contributed by atoms with Crippen LogP contribution in [0.5, 0.6) is 5.88 Å². The summed E-state index contributed by atoms with van der Waals surface area (Å²) < 4.78 is 32.5. The van der Waals surface area contributed by atoms with Crippen LogP contribution in [0, 0.1) is 6.92 Å². The van der Waals surface area contributed by atoms with Crippen molar-refractivity contribution in [3.8, 4) is 22.8 Å². The van der Waals surface area contributed by atoms with Gasteiger partial charge in [0.05, 0.1) is 16.4 Å². The predicted octanol–water partition coefficient (Wildman–Crippen LogP) is 5.27. The van der Waals surface area contributed by atoms with Gasteiger partial charge in [-0.05, 0) is 31.2 Å². The van der Waals surface area contributed by atoms with Gasteiger partial charge in [0.1, 0.15) is 4.90 Å². The summed E-state index contributed by atoms with van der Waals surface area (Å²) in [6, 6.07) is 24.5. The third-order valence-corrected chi connectivity index (χ3v) is 5.89. The smallest absolute Gasteiger partial charge is 0.340 e. The average molecular weight is 425 g/mol. The molecule has 0 N–H and O–H groups in total. The first kappa shape index (κ1) is 19.2. The topological polar surface area (TPSA) is 61.2 Å². The van der Waals surface area contributed by atoms with Crippen molar-refractivity contribution >= 4 is 21.7 Å². The minimum absolute atomic E-state index is 0.0533. The number of benzene rings is 3. The molecule has 0 unspecified atom stereocenters. The molecule has 5 nitrogen and oxygen atoms in total. The number of hydrogen-bond donors (Lipinski definition) is 0. The molecule has 7 heteroatoms. The molecule has 0 bridgehead atoms. The lowest BCUT2D eigenvalue weighted by atomic mass is 10.2. The second kappa shape index (κ2) is 7.73. The van der Waals surface area contributed by atoms with Crippen molar-refractivity contribution < 1.29 is 12.6 Å². The van der Waals surface area contributed by atoms with E-state index in [1.807, 2.05) is 37.3 Å². The zero-order valence-electron chi connectivity index (χ0n) is 15.5. The average Bonchev–Trinajstić information content (AvgIpc) is 3.12. The van der Waals surface area contributed by atoms with E-state index in [9.17, 15) is 8.42 Å². The van der Waals surface area contributed by atoms with E-state index in [4.69, 9.17) is 15.8 Å². The zero-order valence-corrected chi connectivity index (χ0v) is 17.1. The second-order valence-electron chi connectivity index (χ2n) is 6.45. The summed E-state index contributed by atoms with van der Waals surface area (Å²) in [5.41, 5.74) is 2.87. The molecule has 0 aliphatic heterocycles. The van der Waals surface area contributed by atoms with E-state index in [1.54, 1.807) is 42.5 Å². The maximum atomic E-state index is 12.8. The molecule has 0 saturated heterocycles. The Bertz CT molecular complexity index is 1250. The van der Waals surface area contributed by atoms with Gasteiger partial charge in [0.15, 0.2) is 0 Å². The molecule has 4 rings (SSSR count). The highest BCUT2D eigenvalue weighted by Crippen LogP contribution is 2.31. The lowest BCUT2D eigenvalue weighted by Gasteiger charge is -2.10. The quantitative estimate of drug-likeness (QED) is 0.409. The fourth-order valence-electron chi connectivity index (χ4n) is 2.83. The molecule has 0 aliphatic carbocycles. The summed E-state index contributed by atoms with van der Waals surface area (Å²) in [5.74, 6) is 0.0533. The fraction of sp³-hybridized carbons (Fsp3) is 0.0455. The van der Waals surface area contributed by atoms with E-state index in [-0.39, 0.29) is 10.8 Å². The van der Waals surface area contributed by atoms with Gasteiger partial charge < -0.3 is 4.18 Å². The largest absolute Gasteiger partial charge is 0.358 e. The summed E-state index contributed by atoms with van der Waals surface area (Å²) in [6.45, 7) is 1.88. The van der Waals surface area contributed by atoms with Crippen molar-refractivity contribution in [1.29, 1.82) is 0 Å². The highest BCUT2D eigenvalue weighted by molar-refractivity contribution is 7.87. The van der Waals surface area contributed by atoms with Crippen LogP contribution in [0.3, 0.4) is 0 Å². The van der Waals surface area contributed by atoms with E-state index < -0.39 is 10.1 Å².